The average molecular weight is 427 g/mol. The largest absolute Gasteiger partial charge is 0.493 e. The first-order chi connectivity index (χ1) is 14.5. The number of rotatable bonds is 9. The van der Waals surface area contributed by atoms with Crippen molar-refractivity contribution in [3.05, 3.63) is 52.8 Å². The molecule has 1 aromatic heterocycles. The summed E-state index contributed by atoms with van der Waals surface area (Å²) in [7, 11) is 7.38. The summed E-state index contributed by atoms with van der Waals surface area (Å²) < 4.78 is 10.7. The summed E-state index contributed by atoms with van der Waals surface area (Å²) in [6.45, 7) is 1.82. The number of benzene rings is 2. The molecular weight excluding hydrogens is 400 g/mol. The summed E-state index contributed by atoms with van der Waals surface area (Å²) in [6, 6.07) is 11.4. The van der Waals surface area contributed by atoms with E-state index in [4.69, 9.17) is 26.1 Å². The lowest BCUT2D eigenvalue weighted by molar-refractivity contribution is 0.355. The quantitative estimate of drug-likeness (QED) is 0.494. The number of methoxy groups -OCH3 is 2. The van der Waals surface area contributed by atoms with Crippen LogP contribution in [0, 0.1) is 0 Å². The predicted octanol–water partition coefficient (Wildman–Crippen LogP) is 4.83. The lowest BCUT2D eigenvalue weighted by Gasteiger charge is -2.12. The normalized spacial score (nSPS) is 11.4. The van der Waals surface area contributed by atoms with Crippen LogP contribution >= 0.6 is 11.6 Å². The summed E-state index contributed by atoms with van der Waals surface area (Å²) in [5.41, 5.74) is 1.81. The van der Waals surface area contributed by atoms with Crippen molar-refractivity contribution in [2.24, 2.45) is 0 Å². The zero-order chi connectivity index (χ0) is 21.5. The van der Waals surface area contributed by atoms with Crippen LogP contribution in [0.25, 0.3) is 23.1 Å². The Labute approximate surface area is 182 Å². The minimum absolute atomic E-state index is 0.620. The highest BCUT2D eigenvalue weighted by molar-refractivity contribution is 6.31. The molecule has 1 heterocycles. The van der Waals surface area contributed by atoms with Crippen molar-refractivity contribution < 1.29 is 9.47 Å². The van der Waals surface area contributed by atoms with Crippen LogP contribution in [0.5, 0.6) is 11.5 Å². The molecule has 3 rings (SSSR count). The fourth-order valence-electron chi connectivity index (χ4n) is 3.06. The van der Waals surface area contributed by atoms with Crippen LogP contribution in [0.3, 0.4) is 0 Å². The van der Waals surface area contributed by atoms with E-state index in [1.165, 1.54) is 0 Å². The zero-order valence-corrected chi connectivity index (χ0v) is 18.5. The number of hydrogen-bond acceptors (Lipinski definition) is 6. The van der Waals surface area contributed by atoms with Gasteiger partial charge in [-0.05, 0) is 69.0 Å². The molecule has 6 nitrogen and oxygen atoms in total. The molecule has 0 aliphatic heterocycles. The van der Waals surface area contributed by atoms with E-state index in [9.17, 15) is 0 Å². The van der Waals surface area contributed by atoms with Crippen LogP contribution in [-0.2, 0) is 0 Å². The SMILES string of the molecule is COc1ccc(/C=C/c2nc(NCCCN(C)C)c3cc(Cl)ccc3n2)cc1OC. The summed E-state index contributed by atoms with van der Waals surface area (Å²) >= 11 is 6.20. The van der Waals surface area contributed by atoms with Crippen molar-refractivity contribution in [2.45, 2.75) is 6.42 Å². The van der Waals surface area contributed by atoms with Gasteiger partial charge in [0.25, 0.3) is 0 Å². The first kappa shape index (κ1) is 21.9. The Morgan fingerprint density at radius 1 is 1.00 bits per heavy atom. The van der Waals surface area contributed by atoms with Gasteiger partial charge in [-0.25, -0.2) is 9.97 Å². The third-order valence-corrected chi connectivity index (χ3v) is 4.82. The fourth-order valence-corrected chi connectivity index (χ4v) is 3.23. The van der Waals surface area contributed by atoms with E-state index >= 15 is 0 Å². The Morgan fingerprint density at radius 3 is 2.53 bits per heavy atom. The van der Waals surface area contributed by atoms with Crippen LogP contribution in [0.1, 0.15) is 17.8 Å². The first-order valence-corrected chi connectivity index (χ1v) is 10.1. The van der Waals surface area contributed by atoms with Gasteiger partial charge < -0.3 is 19.7 Å². The van der Waals surface area contributed by atoms with Crippen molar-refractivity contribution in [3.63, 3.8) is 0 Å². The Bertz CT molecular complexity index is 1040. The third-order valence-electron chi connectivity index (χ3n) is 4.58. The molecule has 0 amide bonds. The van der Waals surface area contributed by atoms with Crippen molar-refractivity contribution in [1.82, 2.24) is 14.9 Å². The summed E-state index contributed by atoms with van der Waals surface area (Å²) in [4.78, 5) is 11.5. The number of halogens is 1. The molecule has 7 heteroatoms. The van der Waals surface area contributed by atoms with Crippen LogP contribution in [-0.4, -0.2) is 56.3 Å². The number of ether oxygens (including phenoxy) is 2. The van der Waals surface area contributed by atoms with Gasteiger partial charge in [-0.1, -0.05) is 23.7 Å². The van der Waals surface area contributed by atoms with Crippen LogP contribution in [0.15, 0.2) is 36.4 Å². The molecule has 0 unspecified atom stereocenters. The topological polar surface area (TPSA) is 59.5 Å². The van der Waals surface area contributed by atoms with Crippen molar-refractivity contribution >= 4 is 40.5 Å². The van der Waals surface area contributed by atoms with E-state index < -0.39 is 0 Å². The molecule has 0 aliphatic carbocycles. The second-order valence-corrected chi connectivity index (χ2v) is 7.56. The number of fused-ring (bicyclic) bond motifs is 1. The summed E-state index contributed by atoms with van der Waals surface area (Å²) in [5.74, 6) is 2.78. The van der Waals surface area contributed by atoms with Gasteiger partial charge in [0.05, 0.1) is 19.7 Å². The molecule has 2 aromatic carbocycles. The molecule has 3 aromatic rings. The number of hydrogen-bond donors (Lipinski definition) is 1. The maximum absolute atomic E-state index is 6.20. The maximum atomic E-state index is 6.20. The Kier molecular flexibility index (Phi) is 7.49. The minimum atomic E-state index is 0.620. The molecule has 0 fully saturated rings. The molecule has 30 heavy (non-hydrogen) atoms. The van der Waals surface area contributed by atoms with Crippen LogP contribution < -0.4 is 14.8 Å². The van der Waals surface area contributed by atoms with E-state index in [0.29, 0.717) is 22.3 Å². The van der Waals surface area contributed by atoms with Crippen molar-refractivity contribution in [3.8, 4) is 11.5 Å². The number of nitrogens with one attached hydrogen (secondary N) is 1. The molecule has 0 saturated carbocycles. The van der Waals surface area contributed by atoms with Gasteiger partial charge in [0.15, 0.2) is 17.3 Å². The van der Waals surface area contributed by atoms with E-state index in [2.05, 4.69) is 29.3 Å². The zero-order valence-electron chi connectivity index (χ0n) is 17.8. The van der Waals surface area contributed by atoms with E-state index in [-0.39, 0.29) is 0 Å². The third kappa shape index (κ3) is 5.62. The highest BCUT2D eigenvalue weighted by atomic mass is 35.5. The molecule has 0 spiro atoms. The molecular formula is C23H27ClN4O2. The van der Waals surface area contributed by atoms with Crippen molar-refractivity contribution in [2.75, 3.05) is 46.7 Å². The van der Waals surface area contributed by atoms with Crippen molar-refractivity contribution in [1.29, 1.82) is 0 Å². The second-order valence-electron chi connectivity index (χ2n) is 7.12. The molecule has 158 valence electrons. The monoisotopic (exact) mass is 426 g/mol. The van der Waals surface area contributed by atoms with Gasteiger partial charge in [0.2, 0.25) is 0 Å². The standard InChI is InChI=1S/C23H27ClN4O2/c1-28(2)13-5-12-25-23-18-15-17(24)8-9-19(18)26-22(27-23)11-7-16-6-10-20(29-3)21(14-16)30-4/h6-11,14-15H,5,12-13H2,1-4H3,(H,25,26,27)/b11-7+. The van der Waals surface area contributed by atoms with E-state index in [1.807, 2.05) is 48.6 Å². The Balaban J connectivity index is 1.88. The highest BCUT2D eigenvalue weighted by Crippen LogP contribution is 2.29. The van der Waals surface area contributed by atoms with Crippen LogP contribution in [0.4, 0.5) is 5.82 Å². The highest BCUT2D eigenvalue weighted by Gasteiger charge is 2.08. The first-order valence-electron chi connectivity index (χ1n) is 9.76. The van der Waals surface area contributed by atoms with E-state index in [0.717, 1.165) is 41.8 Å². The fraction of sp³-hybridized carbons (Fsp3) is 0.304. The van der Waals surface area contributed by atoms with E-state index in [1.54, 1.807) is 14.2 Å². The molecule has 1 N–H and O–H groups in total. The van der Waals surface area contributed by atoms with Gasteiger partial charge in [0.1, 0.15) is 5.82 Å². The molecule has 0 atom stereocenters. The maximum Gasteiger partial charge on any atom is 0.161 e. The lowest BCUT2D eigenvalue weighted by Crippen LogP contribution is -2.17. The number of anilines is 1. The minimum Gasteiger partial charge on any atom is -0.493 e. The molecule has 0 bridgehead atoms. The van der Waals surface area contributed by atoms with Gasteiger partial charge in [0, 0.05) is 17.0 Å². The average Bonchev–Trinajstić information content (AvgIpc) is 2.75. The van der Waals surface area contributed by atoms with Gasteiger partial charge in [-0.3, -0.25) is 0 Å². The molecule has 0 saturated heterocycles. The number of nitrogens with zero attached hydrogens (tertiary/aromatic N) is 3. The van der Waals surface area contributed by atoms with Gasteiger partial charge in [-0.15, -0.1) is 0 Å². The summed E-state index contributed by atoms with van der Waals surface area (Å²) in [6.07, 6.45) is 4.85. The molecule has 0 aliphatic rings. The van der Waals surface area contributed by atoms with Gasteiger partial charge in [-0.2, -0.15) is 0 Å². The van der Waals surface area contributed by atoms with Gasteiger partial charge >= 0.3 is 0 Å². The lowest BCUT2D eigenvalue weighted by atomic mass is 10.2. The molecule has 0 radical (unpaired) electrons. The smallest absolute Gasteiger partial charge is 0.161 e. The summed E-state index contributed by atoms with van der Waals surface area (Å²) in [5, 5.41) is 5.01. The van der Waals surface area contributed by atoms with Crippen LogP contribution in [0.2, 0.25) is 5.02 Å². The number of aromatic nitrogens is 2. The Hall–Kier alpha value is -2.83. The Morgan fingerprint density at radius 2 is 1.80 bits per heavy atom. The predicted molar refractivity (Wildman–Crippen MR) is 125 cm³/mol. The second kappa shape index (κ2) is 10.3.